The Bertz CT molecular complexity index is 999. The fourth-order valence-corrected chi connectivity index (χ4v) is 4.12. The molecule has 0 unspecified atom stereocenters. The largest absolute Gasteiger partial charge is 0.351 e. The van der Waals surface area contributed by atoms with Crippen molar-refractivity contribution in [1.82, 2.24) is 15.2 Å². The second-order valence-electron chi connectivity index (χ2n) is 7.85. The molecule has 2 N–H and O–H groups in total. The molecule has 2 amide bonds. The van der Waals surface area contributed by atoms with Gasteiger partial charge >= 0.3 is 0 Å². The Morgan fingerprint density at radius 2 is 1.50 bits per heavy atom. The lowest BCUT2D eigenvalue weighted by molar-refractivity contribution is -0.125. The van der Waals surface area contributed by atoms with Crippen LogP contribution in [-0.4, -0.2) is 40.8 Å². The molecule has 0 radical (unpaired) electrons. The van der Waals surface area contributed by atoms with Gasteiger partial charge in [-0.15, -0.1) is 0 Å². The third-order valence-electron chi connectivity index (χ3n) is 5.44. The quantitative estimate of drug-likeness (QED) is 0.495. The van der Waals surface area contributed by atoms with Crippen LogP contribution in [0.3, 0.4) is 0 Å². The molecule has 2 heterocycles. The van der Waals surface area contributed by atoms with E-state index in [0.29, 0.717) is 5.82 Å². The summed E-state index contributed by atoms with van der Waals surface area (Å²) in [6, 6.07) is 24.6. The summed E-state index contributed by atoms with van der Waals surface area (Å²) in [5.74, 6) is 0.143. The smallest absolute Gasteiger partial charge is 0.226 e. The van der Waals surface area contributed by atoms with Crippen molar-refractivity contribution in [1.29, 1.82) is 0 Å². The van der Waals surface area contributed by atoms with Crippen LogP contribution in [0.5, 0.6) is 0 Å². The third kappa shape index (κ3) is 5.81. The molecule has 164 valence electrons. The molecule has 7 heteroatoms. The van der Waals surface area contributed by atoms with Crippen molar-refractivity contribution in [3.05, 3.63) is 94.6 Å². The van der Waals surface area contributed by atoms with Gasteiger partial charge in [-0.3, -0.25) is 14.5 Å². The number of rotatable bonds is 8. The minimum Gasteiger partial charge on any atom is -0.351 e. The molecular weight excluding hydrogens is 468 g/mol. The SMILES string of the molecule is O=C(CCC(=O)NC1CN(C(c2ccccc2)c2ccccc2)C1)Nc1ccc(Br)cn1. The molecule has 0 bridgehead atoms. The highest BCUT2D eigenvalue weighted by Gasteiger charge is 2.34. The molecule has 0 atom stereocenters. The Labute approximate surface area is 196 Å². The molecule has 4 rings (SSSR count). The number of carbonyl (C=O) groups excluding carboxylic acids is 2. The highest BCUT2D eigenvalue weighted by molar-refractivity contribution is 9.10. The van der Waals surface area contributed by atoms with E-state index < -0.39 is 0 Å². The van der Waals surface area contributed by atoms with Gasteiger partial charge in [0.15, 0.2) is 0 Å². The fraction of sp³-hybridized carbons (Fsp3) is 0.240. The number of benzene rings is 2. The first kappa shape index (κ1) is 22.2. The average molecular weight is 493 g/mol. The van der Waals surface area contributed by atoms with Crippen LogP contribution in [0.15, 0.2) is 83.5 Å². The Morgan fingerprint density at radius 3 is 2.06 bits per heavy atom. The maximum absolute atomic E-state index is 12.3. The van der Waals surface area contributed by atoms with Gasteiger partial charge in [-0.1, -0.05) is 60.7 Å². The van der Waals surface area contributed by atoms with Gasteiger partial charge in [0.25, 0.3) is 0 Å². The highest BCUT2D eigenvalue weighted by atomic mass is 79.9. The number of hydrogen-bond donors (Lipinski definition) is 2. The first-order chi connectivity index (χ1) is 15.6. The number of aromatic nitrogens is 1. The zero-order chi connectivity index (χ0) is 22.3. The van der Waals surface area contributed by atoms with Crippen molar-refractivity contribution < 1.29 is 9.59 Å². The van der Waals surface area contributed by atoms with E-state index in [4.69, 9.17) is 0 Å². The maximum atomic E-state index is 12.3. The number of pyridine rings is 1. The van der Waals surface area contributed by atoms with Crippen LogP contribution in [0.1, 0.15) is 30.0 Å². The zero-order valence-electron chi connectivity index (χ0n) is 17.6. The number of halogens is 1. The van der Waals surface area contributed by atoms with Crippen molar-refractivity contribution in [2.75, 3.05) is 18.4 Å². The van der Waals surface area contributed by atoms with Gasteiger partial charge in [0.05, 0.1) is 12.1 Å². The van der Waals surface area contributed by atoms with Crippen molar-refractivity contribution in [2.45, 2.75) is 24.9 Å². The summed E-state index contributed by atoms with van der Waals surface area (Å²) in [6.45, 7) is 1.55. The number of likely N-dealkylation sites (tertiary alicyclic amines) is 1. The normalized spacial score (nSPS) is 14.1. The van der Waals surface area contributed by atoms with E-state index in [1.165, 1.54) is 11.1 Å². The molecule has 1 fully saturated rings. The second-order valence-corrected chi connectivity index (χ2v) is 8.77. The van der Waals surface area contributed by atoms with E-state index in [1.54, 1.807) is 18.3 Å². The standard InChI is InChI=1S/C25H25BrN4O2/c26-20-11-12-22(27-15-20)29-24(32)14-13-23(31)28-21-16-30(17-21)25(18-7-3-1-4-8-18)19-9-5-2-6-10-19/h1-12,15,21,25H,13-14,16-17H2,(H,28,31)(H,27,29,32). The van der Waals surface area contributed by atoms with Gasteiger partial charge < -0.3 is 10.6 Å². The van der Waals surface area contributed by atoms with Crippen LogP contribution in [0, 0.1) is 0 Å². The molecule has 32 heavy (non-hydrogen) atoms. The Balaban J connectivity index is 1.26. The number of anilines is 1. The molecule has 1 saturated heterocycles. The maximum Gasteiger partial charge on any atom is 0.226 e. The first-order valence-electron chi connectivity index (χ1n) is 10.6. The summed E-state index contributed by atoms with van der Waals surface area (Å²) in [7, 11) is 0. The minimum absolute atomic E-state index is 0.0913. The molecule has 0 spiro atoms. The van der Waals surface area contributed by atoms with E-state index >= 15 is 0 Å². The Morgan fingerprint density at radius 1 is 0.906 bits per heavy atom. The van der Waals surface area contributed by atoms with Gasteiger partial charge in [-0.05, 0) is 39.2 Å². The van der Waals surface area contributed by atoms with E-state index in [0.717, 1.165) is 17.6 Å². The van der Waals surface area contributed by atoms with E-state index in [9.17, 15) is 9.59 Å². The van der Waals surface area contributed by atoms with Crippen LogP contribution in [-0.2, 0) is 9.59 Å². The number of carbonyl (C=O) groups is 2. The molecule has 1 aromatic heterocycles. The lowest BCUT2D eigenvalue weighted by atomic mass is 9.93. The van der Waals surface area contributed by atoms with Crippen molar-refractivity contribution in [3.63, 3.8) is 0 Å². The monoisotopic (exact) mass is 492 g/mol. The lowest BCUT2D eigenvalue weighted by Crippen LogP contribution is -2.60. The zero-order valence-corrected chi connectivity index (χ0v) is 19.2. The molecule has 1 aliphatic heterocycles. The summed E-state index contributed by atoms with van der Waals surface area (Å²) < 4.78 is 0.839. The van der Waals surface area contributed by atoms with Crippen molar-refractivity contribution in [2.24, 2.45) is 0 Å². The van der Waals surface area contributed by atoms with E-state index in [2.05, 4.69) is 85.0 Å². The summed E-state index contributed by atoms with van der Waals surface area (Å²) in [4.78, 5) is 30.9. The van der Waals surface area contributed by atoms with Crippen LogP contribution >= 0.6 is 15.9 Å². The predicted molar refractivity (Wildman–Crippen MR) is 128 cm³/mol. The molecule has 0 aliphatic carbocycles. The number of amides is 2. The van der Waals surface area contributed by atoms with Crippen LogP contribution < -0.4 is 10.6 Å². The van der Waals surface area contributed by atoms with E-state index in [-0.39, 0.29) is 36.7 Å². The highest BCUT2D eigenvalue weighted by Crippen LogP contribution is 2.32. The fourth-order valence-electron chi connectivity index (χ4n) is 3.88. The minimum atomic E-state index is -0.224. The van der Waals surface area contributed by atoms with Gasteiger partial charge in [0.2, 0.25) is 11.8 Å². The van der Waals surface area contributed by atoms with Crippen LogP contribution in [0.2, 0.25) is 0 Å². The number of hydrogen-bond acceptors (Lipinski definition) is 4. The summed E-state index contributed by atoms with van der Waals surface area (Å²) in [5, 5.41) is 5.75. The van der Waals surface area contributed by atoms with Crippen LogP contribution in [0.4, 0.5) is 5.82 Å². The van der Waals surface area contributed by atoms with Crippen molar-refractivity contribution in [3.8, 4) is 0 Å². The molecule has 0 saturated carbocycles. The van der Waals surface area contributed by atoms with Gasteiger partial charge in [-0.25, -0.2) is 4.98 Å². The first-order valence-corrected chi connectivity index (χ1v) is 11.4. The Kier molecular flexibility index (Phi) is 7.29. The summed E-state index contributed by atoms with van der Waals surface area (Å²) in [5.41, 5.74) is 2.48. The van der Waals surface area contributed by atoms with E-state index in [1.807, 2.05) is 12.1 Å². The number of nitrogens with one attached hydrogen (secondary N) is 2. The average Bonchev–Trinajstić information content (AvgIpc) is 2.79. The molecule has 2 aromatic carbocycles. The van der Waals surface area contributed by atoms with Gasteiger partial charge in [0, 0.05) is 36.6 Å². The topological polar surface area (TPSA) is 74.3 Å². The second kappa shape index (κ2) is 10.5. The third-order valence-corrected chi connectivity index (χ3v) is 5.91. The van der Waals surface area contributed by atoms with Crippen LogP contribution in [0.25, 0.3) is 0 Å². The lowest BCUT2D eigenvalue weighted by Gasteiger charge is -2.45. The summed E-state index contributed by atoms with van der Waals surface area (Å²) >= 11 is 3.30. The summed E-state index contributed by atoms with van der Waals surface area (Å²) in [6.07, 6.45) is 1.89. The van der Waals surface area contributed by atoms with Gasteiger partial charge in [0.1, 0.15) is 5.82 Å². The molecule has 1 aliphatic rings. The number of nitrogens with zero attached hydrogens (tertiary/aromatic N) is 2. The Hall–Kier alpha value is -3.03. The molecule has 3 aromatic rings. The predicted octanol–water partition coefficient (Wildman–Crippen LogP) is 4.15. The van der Waals surface area contributed by atoms with Gasteiger partial charge in [-0.2, -0.15) is 0 Å². The molecule has 6 nitrogen and oxygen atoms in total. The molecular formula is C25H25BrN4O2. The van der Waals surface area contributed by atoms with Crippen molar-refractivity contribution >= 4 is 33.6 Å².